The molecule has 6 nitrogen and oxygen atoms in total. The Bertz CT molecular complexity index is 569. The number of morpholine rings is 1. The lowest BCUT2D eigenvalue weighted by atomic mass is 10.2. The first-order chi connectivity index (χ1) is 10.7. The maximum absolute atomic E-state index is 12.7. The molecule has 2 aliphatic heterocycles. The lowest BCUT2D eigenvalue weighted by molar-refractivity contribution is -0.123. The zero-order chi connectivity index (χ0) is 15.5. The van der Waals surface area contributed by atoms with Gasteiger partial charge in [-0.2, -0.15) is 0 Å². The minimum atomic E-state index is -0.383. The fourth-order valence-electron chi connectivity index (χ4n) is 2.96. The van der Waals surface area contributed by atoms with Crippen LogP contribution in [0.15, 0.2) is 24.3 Å². The minimum absolute atomic E-state index is 0.168. The summed E-state index contributed by atoms with van der Waals surface area (Å²) in [6.07, 6.45) is 0.222. The number of carbonyl (C=O) groups excluding carboxylic acids is 2. The molecule has 0 aliphatic carbocycles. The summed E-state index contributed by atoms with van der Waals surface area (Å²) in [5.74, 6) is 0.224. The van der Waals surface area contributed by atoms with Crippen molar-refractivity contribution in [2.45, 2.75) is 19.4 Å². The Balaban J connectivity index is 1.85. The van der Waals surface area contributed by atoms with E-state index >= 15 is 0 Å². The molecule has 2 heterocycles. The number of ether oxygens (including phenoxy) is 2. The quantitative estimate of drug-likeness (QED) is 0.778. The maximum atomic E-state index is 12.7. The van der Waals surface area contributed by atoms with Gasteiger partial charge in [-0.3, -0.25) is 14.5 Å². The van der Waals surface area contributed by atoms with Gasteiger partial charge >= 0.3 is 0 Å². The molecule has 118 valence electrons. The summed E-state index contributed by atoms with van der Waals surface area (Å²) < 4.78 is 10.9. The van der Waals surface area contributed by atoms with Gasteiger partial charge in [-0.25, -0.2) is 4.90 Å². The molecular weight excluding hydrogens is 284 g/mol. The van der Waals surface area contributed by atoms with Crippen LogP contribution in [0.3, 0.4) is 0 Å². The molecule has 0 saturated carbocycles. The first kappa shape index (κ1) is 15.0. The van der Waals surface area contributed by atoms with Crippen molar-refractivity contribution in [3.63, 3.8) is 0 Å². The molecule has 1 atom stereocenters. The molecule has 0 radical (unpaired) electrons. The Morgan fingerprint density at radius 2 is 1.95 bits per heavy atom. The summed E-state index contributed by atoms with van der Waals surface area (Å²) in [6.45, 7) is 4.94. The van der Waals surface area contributed by atoms with Gasteiger partial charge < -0.3 is 9.47 Å². The molecule has 0 bridgehead atoms. The van der Waals surface area contributed by atoms with Crippen molar-refractivity contribution in [2.24, 2.45) is 0 Å². The lowest BCUT2D eigenvalue weighted by Gasteiger charge is -2.30. The molecule has 2 fully saturated rings. The monoisotopic (exact) mass is 304 g/mol. The fourth-order valence-corrected chi connectivity index (χ4v) is 2.96. The van der Waals surface area contributed by atoms with Crippen LogP contribution in [0.25, 0.3) is 0 Å². The Labute approximate surface area is 129 Å². The van der Waals surface area contributed by atoms with E-state index in [2.05, 4.69) is 0 Å². The number of imide groups is 1. The topological polar surface area (TPSA) is 59.1 Å². The standard InChI is InChI=1S/C16H20N2O4/c1-2-22-14-6-4-3-5-12(14)18-15(19)11-13(16(18)20)17-7-9-21-10-8-17/h3-6,13H,2,7-11H2,1H3/t13-/m1/s1. The molecular formula is C16H20N2O4. The number of anilines is 1. The van der Waals surface area contributed by atoms with Crippen LogP contribution in [0.2, 0.25) is 0 Å². The average Bonchev–Trinajstić information content (AvgIpc) is 2.84. The summed E-state index contributed by atoms with van der Waals surface area (Å²) in [5.41, 5.74) is 0.537. The Hall–Kier alpha value is -1.92. The molecule has 2 saturated heterocycles. The number of benzene rings is 1. The van der Waals surface area contributed by atoms with E-state index in [0.29, 0.717) is 44.3 Å². The van der Waals surface area contributed by atoms with E-state index in [1.807, 2.05) is 17.9 Å². The van der Waals surface area contributed by atoms with E-state index in [4.69, 9.17) is 9.47 Å². The SMILES string of the molecule is CCOc1ccccc1N1C(=O)C[C@@H](N2CCOCC2)C1=O. The first-order valence-corrected chi connectivity index (χ1v) is 7.62. The molecule has 3 rings (SSSR count). The molecule has 22 heavy (non-hydrogen) atoms. The van der Waals surface area contributed by atoms with Gasteiger partial charge in [-0.1, -0.05) is 12.1 Å². The Kier molecular flexibility index (Phi) is 4.40. The van der Waals surface area contributed by atoms with Gasteiger partial charge in [0.1, 0.15) is 5.75 Å². The van der Waals surface area contributed by atoms with Gasteiger partial charge in [-0.15, -0.1) is 0 Å². The number of para-hydroxylation sites is 2. The molecule has 0 unspecified atom stereocenters. The van der Waals surface area contributed by atoms with Crippen LogP contribution in [0.1, 0.15) is 13.3 Å². The average molecular weight is 304 g/mol. The van der Waals surface area contributed by atoms with Crippen molar-refractivity contribution in [1.82, 2.24) is 4.90 Å². The van der Waals surface area contributed by atoms with E-state index in [9.17, 15) is 9.59 Å². The van der Waals surface area contributed by atoms with Crippen LogP contribution in [0.4, 0.5) is 5.69 Å². The van der Waals surface area contributed by atoms with Crippen molar-refractivity contribution in [1.29, 1.82) is 0 Å². The highest BCUT2D eigenvalue weighted by molar-refractivity contribution is 6.23. The molecule has 2 amide bonds. The third kappa shape index (κ3) is 2.71. The predicted octanol–water partition coefficient (Wildman–Crippen LogP) is 1.05. The molecule has 0 N–H and O–H groups in total. The maximum Gasteiger partial charge on any atom is 0.251 e. The van der Waals surface area contributed by atoms with Crippen molar-refractivity contribution in [3.8, 4) is 5.75 Å². The molecule has 1 aromatic carbocycles. The smallest absolute Gasteiger partial charge is 0.251 e. The number of carbonyl (C=O) groups is 2. The summed E-state index contributed by atoms with van der Waals surface area (Å²) in [4.78, 5) is 28.4. The second kappa shape index (κ2) is 6.46. The largest absolute Gasteiger partial charge is 0.492 e. The van der Waals surface area contributed by atoms with E-state index in [1.165, 1.54) is 4.90 Å². The van der Waals surface area contributed by atoms with Gasteiger partial charge in [0, 0.05) is 13.1 Å². The van der Waals surface area contributed by atoms with Crippen LogP contribution >= 0.6 is 0 Å². The van der Waals surface area contributed by atoms with Gasteiger partial charge in [0.15, 0.2) is 0 Å². The molecule has 0 aromatic heterocycles. The van der Waals surface area contributed by atoms with E-state index < -0.39 is 0 Å². The van der Waals surface area contributed by atoms with Gasteiger partial charge in [0.05, 0.1) is 38.0 Å². The molecule has 2 aliphatic rings. The van der Waals surface area contributed by atoms with Crippen LogP contribution in [0.5, 0.6) is 5.75 Å². The van der Waals surface area contributed by atoms with Crippen molar-refractivity contribution in [3.05, 3.63) is 24.3 Å². The lowest BCUT2D eigenvalue weighted by Crippen LogP contribution is -2.47. The number of rotatable bonds is 4. The van der Waals surface area contributed by atoms with Gasteiger partial charge in [0.2, 0.25) is 5.91 Å². The normalized spacial score (nSPS) is 23.1. The third-order valence-electron chi connectivity index (χ3n) is 4.02. The predicted molar refractivity (Wildman–Crippen MR) is 80.9 cm³/mol. The Morgan fingerprint density at radius 3 is 2.68 bits per heavy atom. The van der Waals surface area contributed by atoms with Crippen molar-refractivity contribution in [2.75, 3.05) is 37.8 Å². The molecule has 6 heteroatoms. The third-order valence-corrected chi connectivity index (χ3v) is 4.02. The number of hydrogen-bond donors (Lipinski definition) is 0. The molecule has 1 aromatic rings. The minimum Gasteiger partial charge on any atom is -0.492 e. The summed E-state index contributed by atoms with van der Waals surface area (Å²) >= 11 is 0. The zero-order valence-electron chi connectivity index (χ0n) is 12.7. The van der Waals surface area contributed by atoms with Crippen LogP contribution < -0.4 is 9.64 Å². The summed E-state index contributed by atoms with van der Waals surface area (Å²) in [6, 6.07) is 6.79. The number of hydrogen-bond acceptors (Lipinski definition) is 5. The van der Waals surface area contributed by atoms with E-state index in [1.54, 1.807) is 18.2 Å². The van der Waals surface area contributed by atoms with Gasteiger partial charge in [-0.05, 0) is 19.1 Å². The van der Waals surface area contributed by atoms with E-state index in [-0.39, 0.29) is 24.3 Å². The van der Waals surface area contributed by atoms with Crippen LogP contribution in [-0.2, 0) is 14.3 Å². The van der Waals surface area contributed by atoms with Crippen LogP contribution in [0, 0.1) is 0 Å². The fraction of sp³-hybridized carbons (Fsp3) is 0.500. The molecule has 0 spiro atoms. The highest BCUT2D eigenvalue weighted by Crippen LogP contribution is 2.33. The van der Waals surface area contributed by atoms with Crippen molar-refractivity contribution < 1.29 is 19.1 Å². The summed E-state index contributed by atoms with van der Waals surface area (Å²) in [5, 5.41) is 0. The Morgan fingerprint density at radius 1 is 1.23 bits per heavy atom. The van der Waals surface area contributed by atoms with Crippen molar-refractivity contribution >= 4 is 17.5 Å². The van der Waals surface area contributed by atoms with Crippen LogP contribution in [-0.4, -0.2) is 55.7 Å². The number of nitrogens with zero attached hydrogens (tertiary/aromatic N) is 2. The second-order valence-electron chi connectivity index (χ2n) is 5.34. The highest BCUT2D eigenvalue weighted by Gasteiger charge is 2.43. The van der Waals surface area contributed by atoms with Gasteiger partial charge in [0.25, 0.3) is 5.91 Å². The summed E-state index contributed by atoms with van der Waals surface area (Å²) in [7, 11) is 0. The zero-order valence-corrected chi connectivity index (χ0v) is 12.7. The van der Waals surface area contributed by atoms with E-state index in [0.717, 1.165) is 0 Å². The number of amides is 2. The highest BCUT2D eigenvalue weighted by atomic mass is 16.5. The second-order valence-corrected chi connectivity index (χ2v) is 5.34. The first-order valence-electron chi connectivity index (χ1n) is 7.62.